The number of carboxylic acid groups (broad SMARTS) is 1. The Hall–Kier alpha value is -1.50. The van der Waals surface area contributed by atoms with Gasteiger partial charge < -0.3 is 10.4 Å². The Morgan fingerprint density at radius 1 is 1.20 bits per heavy atom. The molecule has 2 unspecified atom stereocenters. The summed E-state index contributed by atoms with van der Waals surface area (Å²) in [5, 5.41) is 11.2. The molecule has 0 heterocycles. The van der Waals surface area contributed by atoms with Crippen LogP contribution >= 0.6 is 15.9 Å². The highest BCUT2D eigenvalue weighted by Gasteiger charge is 2.38. The largest absolute Gasteiger partial charge is 0.481 e. The van der Waals surface area contributed by atoms with Crippen LogP contribution in [-0.2, 0) is 9.59 Å². The van der Waals surface area contributed by atoms with Crippen LogP contribution in [0.4, 0.5) is 14.5 Å². The number of anilines is 1. The Kier molecular flexibility index (Phi) is 4.37. The van der Waals surface area contributed by atoms with E-state index in [0.29, 0.717) is 19.3 Å². The number of halogens is 3. The maximum absolute atomic E-state index is 13.6. The van der Waals surface area contributed by atoms with E-state index in [4.69, 9.17) is 5.11 Å². The van der Waals surface area contributed by atoms with Gasteiger partial charge in [0.1, 0.15) is 5.69 Å². The minimum absolute atomic E-state index is 0.217. The minimum Gasteiger partial charge on any atom is -0.481 e. The van der Waals surface area contributed by atoms with Crippen LogP contribution < -0.4 is 5.32 Å². The van der Waals surface area contributed by atoms with E-state index in [0.717, 1.165) is 12.1 Å². The van der Waals surface area contributed by atoms with Crippen molar-refractivity contribution in [1.29, 1.82) is 0 Å². The third-order valence-corrected chi connectivity index (χ3v) is 3.88. The molecule has 1 fully saturated rings. The van der Waals surface area contributed by atoms with Crippen molar-refractivity contribution in [2.24, 2.45) is 11.8 Å². The molecule has 0 bridgehead atoms. The standard InChI is InChI=1S/C13H12BrF2NO3/c14-6-4-9(15)11(10(16)5-6)17-12(18)7-2-1-3-8(7)13(19)20/h4-5,7-8H,1-3H2,(H,17,18)(H,19,20). The van der Waals surface area contributed by atoms with Crippen molar-refractivity contribution in [1.82, 2.24) is 0 Å². The second-order valence-electron chi connectivity index (χ2n) is 4.72. The fourth-order valence-electron chi connectivity index (χ4n) is 2.45. The molecule has 1 aliphatic carbocycles. The van der Waals surface area contributed by atoms with Gasteiger partial charge in [-0.2, -0.15) is 0 Å². The normalized spacial score (nSPS) is 21.8. The highest BCUT2D eigenvalue weighted by atomic mass is 79.9. The molecule has 4 nitrogen and oxygen atoms in total. The molecule has 1 amide bonds. The number of carbonyl (C=O) groups is 2. The number of hydrogen-bond donors (Lipinski definition) is 2. The lowest BCUT2D eigenvalue weighted by atomic mass is 9.95. The van der Waals surface area contributed by atoms with Crippen LogP contribution in [-0.4, -0.2) is 17.0 Å². The zero-order chi connectivity index (χ0) is 14.9. The number of carbonyl (C=O) groups excluding carboxylic acids is 1. The van der Waals surface area contributed by atoms with Crippen LogP contribution in [0.5, 0.6) is 0 Å². The predicted octanol–water partition coefficient (Wildman–Crippen LogP) is 3.17. The first-order valence-corrected chi connectivity index (χ1v) is 6.87. The molecule has 1 aromatic carbocycles. The van der Waals surface area contributed by atoms with E-state index in [-0.39, 0.29) is 4.47 Å². The summed E-state index contributed by atoms with van der Waals surface area (Å²) in [5.41, 5.74) is -0.547. The molecule has 0 radical (unpaired) electrons. The Bertz CT molecular complexity index is 542. The number of rotatable bonds is 3. The first kappa shape index (κ1) is 14.9. The van der Waals surface area contributed by atoms with Gasteiger partial charge in [0.2, 0.25) is 5.91 Å². The Morgan fingerprint density at radius 3 is 2.30 bits per heavy atom. The van der Waals surface area contributed by atoms with Gasteiger partial charge in [-0.15, -0.1) is 0 Å². The van der Waals surface area contributed by atoms with Gasteiger partial charge in [0.25, 0.3) is 0 Å². The van der Waals surface area contributed by atoms with Gasteiger partial charge in [-0.05, 0) is 25.0 Å². The van der Waals surface area contributed by atoms with E-state index >= 15 is 0 Å². The van der Waals surface area contributed by atoms with E-state index in [1.165, 1.54) is 0 Å². The van der Waals surface area contributed by atoms with Gasteiger partial charge in [-0.3, -0.25) is 9.59 Å². The lowest BCUT2D eigenvalue weighted by Gasteiger charge is -2.16. The van der Waals surface area contributed by atoms with Gasteiger partial charge in [-0.25, -0.2) is 8.78 Å². The molecule has 0 spiro atoms. The van der Waals surface area contributed by atoms with Crippen LogP contribution in [0.15, 0.2) is 16.6 Å². The van der Waals surface area contributed by atoms with Crippen molar-refractivity contribution >= 4 is 33.5 Å². The first-order valence-electron chi connectivity index (χ1n) is 6.08. The number of aliphatic carboxylic acids is 1. The van der Waals surface area contributed by atoms with Crippen molar-refractivity contribution in [2.75, 3.05) is 5.32 Å². The summed E-state index contributed by atoms with van der Waals surface area (Å²) in [5.74, 6) is -5.08. The van der Waals surface area contributed by atoms with Crippen molar-refractivity contribution in [3.8, 4) is 0 Å². The summed E-state index contributed by atoms with van der Waals surface area (Å²) in [6.45, 7) is 0. The van der Waals surface area contributed by atoms with E-state index in [1.54, 1.807) is 0 Å². The average molecular weight is 348 g/mol. The number of carboxylic acids is 1. The molecule has 1 saturated carbocycles. The molecule has 7 heteroatoms. The predicted molar refractivity (Wildman–Crippen MR) is 71.2 cm³/mol. The summed E-state index contributed by atoms with van der Waals surface area (Å²) < 4.78 is 27.4. The van der Waals surface area contributed by atoms with Crippen LogP contribution in [0, 0.1) is 23.5 Å². The topological polar surface area (TPSA) is 66.4 Å². The minimum atomic E-state index is -1.06. The third-order valence-electron chi connectivity index (χ3n) is 3.43. The molecule has 2 rings (SSSR count). The van der Waals surface area contributed by atoms with Crippen molar-refractivity contribution in [3.05, 3.63) is 28.2 Å². The zero-order valence-electron chi connectivity index (χ0n) is 10.3. The summed E-state index contributed by atoms with van der Waals surface area (Å²) in [6.07, 6.45) is 1.42. The van der Waals surface area contributed by atoms with Crippen LogP contribution in [0.1, 0.15) is 19.3 Å². The van der Waals surface area contributed by atoms with E-state index in [9.17, 15) is 18.4 Å². The van der Waals surface area contributed by atoms with Gasteiger partial charge in [-0.1, -0.05) is 22.4 Å². The molecule has 0 aromatic heterocycles. The van der Waals surface area contributed by atoms with Crippen LogP contribution in [0.2, 0.25) is 0 Å². The summed E-state index contributed by atoms with van der Waals surface area (Å²) >= 11 is 2.94. The average Bonchev–Trinajstić information content (AvgIpc) is 2.82. The molecule has 1 aromatic rings. The van der Waals surface area contributed by atoms with E-state index < -0.39 is 41.0 Å². The number of amides is 1. The smallest absolute Gasteiger partial charge is 0.307 e. The maximum Gasteiger partial charge on any atom is 0.307 e. The second-order valence-corrected chi connectivity index (χ2v) is 5.63. The van der Waals surface area contributed by atoms with Gasteiger partial charge in [0.05, 0.1) is 11.8 Å². The van der Waals surface area contributed by atoms with Gasteiger partial charge >= 0.3 is 5.97 Å². The van der Waals surface area contributed by atoms with E-state index in [1.807, 2.05) is 0 Å². The molecule has 2 atom stereocenters. The number of benzene rings is 1. The maximum atomic E-state index is 13.6. The highest BCUT2D eigenvalue weighted by molar-refractivity contribution is 9.10. The fraction of sp³-hybridized carbons (Fsp3) is 0.385. The Balaban J connectivity index is 2.18. The van der Waals surface area contributed by atoms with Crippen molar-refractivity contribution < 1.29 is 23.5 Å². The third kappa shape index (κ3) is 2.98. The highest BCUT2D eigenvalue weighted by Crippen LogP contribution is 2.33. The molecule has 20 heavy (non-hydrogen) atoms. The molecule has 1 aliphatic rings. The fourth-order valence-corrected chi connectivity index (χ4v) is 2.85. The van der Waals surface area contributed by atoms with Crippen LogP contribution in [0.3, 0.4) is 0 Å². The van der Waals surface area contributed by atoms with E-state index in [2.05, 4.69) is 21.2 Å². The molecular weight excluding hydrogens is 336 g/mol. The molecule has 0 saturated heterocycles. The zero-order valence-corrected chi connectivity index (χ0v) is 11.9. The molecule has 108 valence electrons. The summed E-state index contributed by atoms with van der Waals surface area (Å²) in [6, 6.07) is 2.06. The molecular formula is C13H12BrF2NO3. The summed E-state index contributed by atoms with van der Waals surface area (Å²) in [7, 11) is 0. The quantitative estimate of drug-likeness (QED) is 0.882. The first-order chi connectivity index (χ1) is 9.40. The molecule has 2 N–H and O–H groups in total. The SMILES string of the molecule is O=C(O)C1CCCC1C(=O)Nc1c(F)cc(Br)cc1F. The van der Waals surface area contributed by atoms with Crippen molar-refractivity contribution in [2.45, 2.75) is 19.3 Å². The monoisotopic (exact) mass is 347 g/mol. The number of nitrogens with one attached hydrogen (secondary N) is 1. The summed E-state index contributed by atoms with van der Waals surface area (Å²) in [4.78, 5) is 23.0. The number of hydrogen-bond acceptors (Lipinski definition) is 2. The lowest BCUT2D eigenvalue weighted by Crippen LogP contribution is -2.30. The van der Waals surface area contributed by atoms with Gasteiger partial charge in [0.15, 0.2) is 11.6 Å². The van der Waals surface area contributed by atoms with Gasteiger partial charge in [0, 0.05) is 4.47 Å². The second kappa shape index (κ2) is 5.87. The van der Waals surface area contributed by atoms with Crippen LogP contribution in [0.25, 0.3) is 0 Å². The van der Waals surface area contributed by atoms with Crippen molar-refractivity contribution in [3.63, 3.8) is 0 Å². The Morgan fingerprint density at radius 2 is 1.75 bits per heavy atom. The molecule has 0 aliphatic heterocycles. The lowest BCUT2D eigenvalue weighted by molar-refractivity contribution is -0.145. The Labute approximate surface area is 122 Å².